The third-order valence-corrected chi connectivity index (χ3v) is 6.78. The Morgan fingerprint density at radius 1 is 1.13 bits per heavy atom. The molecule has 1 fully saturated rings. The van der Waals surface area contributed by atoms with Crippen molar-refractivity contribution in [2.75, 3.05) is 12.8 Å². The maximum atomic E-state index is 13.5. The number of thioether (sulfide) groups is 1. The van der Waals surface area contributed by atoms with Gasteiger partial charge in [0.1, 0.15) is 5.82 Å². The van der Waals surface area contributed by atoms with Crippen LogP contribution in [0, 0.1) is 0 Å². The molecule has 0 N–H and O–H groups in total. The van der Waals surface area contributed by atoms with Crippen LogP contribution in [0.5, 0.6) is 0 Å². The number of imidazole rings is 1. The van der Waals surface area contributed by atoms with Crippen LogP contribution in [0.25, 0.3) is 5.69 Å². The zero-order valence-corrected chi connectivity index (χ0v) is 18.0. The second-order valence-corrected chi connectivity index (χ2v) is 8.70. The van der Waals surface area contributed by atoms with E-state index < -0.39 is 0 Å². The van der Waals surface area contributed by atoms with Crippen LogP contribution in [0.2, 0.25) is 0 Å². The van der Waals surface area contributed by atoms with Gasteiger partial charge in [0.25, 0.3) is 5.91 Å². The normalized spacial score (nSPS) is 19.0. The van der Waals surface area contributed by atoms with E-state index in [-0.39, 0.29) is 11.9 Å². The summed E-state index contributed by atoms with van der Waals surface area (Å²) in [5, 5.41) is 9.90. The van der Waals surface area contributed by atoms with Crippen molar-refractivity contribution >= 4 is 17.7 Å². The van der Waals surface area contributed by atoms with E-state index >= 15 is 0 Å². The first kappa shape index (κ1) is 19.4. The van der Waals surface area contributed by atoms with Gasteiger partial charge in [-0.05, 0) is 50.1 Å². The van der Waals surface area contributed by atoms with E-state index in [9.17, 15) is 4.79 Å². The third kappa shape index (κ3) is 3.43. The van der Waals surface area contributed by atoms with Gasteiger partial charge in [-0.25, -0.2) is 4.98 Å². The topological polar surface area (TPSA) is 68.8 Å². The van der Waals surface area contributed by atoms with Crippen LogP contribution < -0.4 is 0 Å². The zero-order chi connectivity index (χ0) is 20.5. The smallest absolute Gasteiger partial charge is 0.254 e. The molecule has 2 aliphatic rings. The number of aromatic nitrogens is 5. The van der Waals surface area contributed by atoms with E-state index in [1.165, 1.54) is 12.8 Å². The number of aryl methyl sites for hydroxylation is 1. The summed E-state index contributed by atoms with van der Waals surface area (Å²) < 4.78 is 4.29. The third-order valence-electron chi connectivity index (χ3n) is 6.11. The van der Waals surface area contributed by atoms with Gasteiger partial charge in [0.05, 0.1) is 6.04 Å². The minimum atomic E-state index is 0.00973. The lowest BCUT2D eigenvalue weighted by molar-refractivity contribution is 0.0727. The number of rotatable bonds is 4. The number of carbonyl (C=O) groups is 1. The molecule has 5 rings (SSSR count). The molecule has 1 unspecified atom stereocenters. The van der Waals surface area contributed by atoms with Gasteiger partial charge in [0.15, 0.2) is 11.0 Å². The van der Waals surface area contributed by atoms with Crippen molar-refractivity contribution in [3.8, 4) is 5.69 Å². The molecule has 156 valence electrons. The molecule has 30 heavy (non-hydrogen) atoms. The first-order valence-corrected chi connectivity index (χ1v) is 11.9. The SMILES string of the molecule is CSc1nccn1-c1cccc(C(=O)N2CCCC2c2nnc3n2CCCCC3)c1. The first-order chi connectivity index (χ1) is 14.8. The molecule has 7 nitrogen and oxygen atoms in total. The maximum absolute atomic E-state index is 13.5. The lowest BCUT2D eigenvalue weighted by atomic mass is 10.1. The number of hydrogen-bond acceptors (Lipinski definition) is 5. The molecule has 1 saturated heterocycles. The van der Waals surface area contributed by atoms with Crippen LogP contribution in [0.4, 0.5) is 0 Å². The standard InChI is InChI=1S/C22H26N6OS/c1-30-22-23-11-14-26(22)17-8-5-7-16(15-17)21(29)27-13-6-9-18(27)20-25-24-19-10-3-2-4-12-28(19)20/h5,7-8,11,14-15,18H,2-4,6,9-10,12-13H2,1H3. The molecular formula is C22H26N6OS. The van der Waals surface area contributed by atoms with E-state index in [4.69, 9.17) is 0 Å². The van der Waals surface area contributed by atoms with E-state index in [2.05, 4.69) is 19.7 Å². The number of hydrogen-bond donors (Lipinski definition) is 0. The number of likely N-dealkylation sites (tertiary alicyclic amines) is 1. The zero-order valence-electron chi connectivity index (χ0n) is 17.2. The van der Waals surface area contributed by atoms with Crippen LogP contribution >= 0.6 is 11.8 Å². The molecule has 3 aromatic rings. The second kappa shape index (κ2) is 8.26. The predicted molar refractivity (Wildman–Crippen MR) is 116 cm³/mol. The molecule has 0 aliphatic carbocycles. The Bertz CT molecular complexity index is 1060. The van der Waals surface area contributed by atoms with Crippen molar-refractivity contribution in [3.63, 3.8) is 0 Å². The van der Waals surface area contributed by atoms with Crippen molar-refractivity contribution in [3.05, 3.63) is 53.9 Å². The summed E-state index contributed by atoms with van der Waals surface area (Å²) in [7, 11) is 0. The van der Waals surface area contributed by atoms with Crippen molar-refractivity contribution < 1.29 is 4.79 Å². The van der Waals surface area contributed by atoms with Crippen molar-refractivity contribution in [2.45, 2.75) is 56.3 Å². The van der Waals surface area contributed by atoms with Crippen LogP contribution in [-0.2, 0) is 13.0 Å². The molecule has 1 aromatic carbocycles. The molecule has 2 aliphatic heterocycles. The fourth-order valence-corrected chi connectivity index (χ4v) is 5.15. The van der Waals surface area contributed by atoms with E-state index in [0.717, 1.165) is 61.3 Å². The van der Waals surface area contributed by atoms with Gasteiger partial charge in [-0.15, -0.1) is 10.2 Å². The van der Waals surface area contributed by atoms with Crippen LogP contribution in [0.3, 0.4) is 0 Å². The summed E-state index contributed by atoms with van der Waals surface area (Å²) in [5.74, 6) is 2.11. The van der Waals surface area contributed by atoms with Crippen LogP contribution in [0.15, 0.2) is 41.8 Å². The predicted octanol–water partition coefficient (Wildman–Crippen LogP) is 3.89. The Kier molecular flexibility index (Phi) is 5.33. The molecular weight excluding hydrogens is 396 g/mol. The quantitative estimate of drug-likeness (QED) is 0.597. The molecule has 0 radical (unpaired) electrons. The Morgan fingerprint density at radius 2 is 2.07 bits per heavy atom. The maximum Gasteiger partial charge on any atom is 0.254 e. The lowest BCUT2D eigenvalue weighted by Gasteiger charge is -2.25. The van der Waals surface area contributed by atoms with Gasteiger partial charge >= 0.3 is 0 Å². The molecule has 1 atom stereocenters. The summed E-state index contributed by atoms with van der Waals surface area (Å²) in [6.07, 6.45) is 12.2. The highest BCUT2D eigenvalue weighted by Gasteiger charge is 2.35. The largest absolute Gasteiger partial charge is 0.328 e. The van der Waals surface area contributed by atoms with E-state index in [0.29, 0.717) is 5.56 Å². The molecule has 0 saturated carbocycles. The average Bonchev–Trinajstić information content (AvgIpc) is 3.50. The van der Waals surface area contributed by atoms with Crippen molar-refractivity contribution in [1.82, 2.24) is 29.2 Å². The fourth-order valence-electron chi connectivity index (χ4n) is 4.62. The number of amides is 1. The van der Waals surface area contributed by atoms with Crippen molar-refractivity contribution in [2.24, 2.45) is 0 Å². The van der Waals surface area contributed by atoms with Gasteiger partial charge in [-0.1, -0.05) is 24.2 Å². The summed E-state index contributed by atoms with van der Waals surface area (Å²) in [4.78, 5) is 19.9. The molecule has 4 heterocycles. The van der Waals surface area contributed by atoms with Gasteiger partial charge in [-0.3, -0.25) is 9.36 Å². The lowest BCUT2D eigenvalue weighted by Crippen LogP contribution is -2.32. The minimum Gasteiger partial charge on any atom is -0.328 e. The highest BCUT2D eigenvalue weighted by molar-refractivity contribution is 7.98. The molecule has 1 amide bonds. The van der Waals surface area contributed by atoms with E-state index in [1.54, 1.807) is 18.0 Å². The molecule has 2 aromatic heterocycles. The summed E-state index contributed by atoms with van der Waals surface area (Å²) in [6, 6.07) is 7.83. The monoisotopic (exact) mass is 422 g/mol. The summed E-state index contributed by atoms with van der Waals surface area (Å²) in [6.45, 7) is 1.72. The van der Waals surface area contributed by atoms with E-state index in [1.807, 2.05) is 46.2 Å². The Balaban J connectivity index is 1.44. The first-order valence-electron chi connectivity index (χ1n) is 10.7. The summed E-state index contributed by atoms with van der Waals surface area (Å²) >= 11 is 1.59. The Labute approximate surface area is 180 Å². The van der Waals surface area contributed by atoms with Crippen LogP contribution in [0.1, 0.15) is 60.2 Å². The fraction of sp³-hybridized carbons (Fsp3) is 0.455. The van der Waals surface area contributed by atoms with Gasteiger partial charge in [-0.2, -0.15) is 0 Å². The molecule has 0 spiro atoms. The minimum absolute atomic E-state index is 0.00973. The summed E-state index contributed by atoms with van der Waals surface area (Å²) in [5.41, 5.74) is 1.66. The highest BCUT2D eigenvalue weighted by Crippen LogP contribution is 2.33. The Morgan fingerprint density at radius 3 is 2.97 bits per heavy atom. The van der Waals surface area contributed by atoms with Gasteiger partial charge in [0.2, 0.25) is 0 Å². The van der Waals surface area contributed by atoms with Gasteiger partial charge < -0.3 is 9.47 Å². The second-order valence-electron chi connectivity index (χ2n) is 7.93. The molecule has 8 heteroatoms. The van der Waals surface area contributed by atoms with Gasteiger partial charge in [0, 0.05) is 43.2 Å². The molecule has 0 bridgehead atoms. The van der Waals surface area contributed by atoms with Crippen LogP contribution in [-0.4, -0.2) is 47.9 Å². The number of carbonyl (C=O) groups excluding carboxylic acids is 1. The highest BCUT2D eigenvalue weighted by atomic mass is 32.2. The van der Waals surface area contributed by atoms with Crippen molar-refractivity contribution in [1.29, 1.82) is 0 Å². The Hall–Kier alpha value is -2.61. The number of fused-ring (bicyclic) bond motifs is 1. The number of benzene rings is 1. The average molecular weight is 423 g/mol. The number of nitrogens with zero attached hydrogens (tertiary/aromatic N) is 6.